The Hall–Kier alpha value is -1.94. The number of rotatable bonds is 6. The van der Waals surface area contributed by atoms with Crippen LogP contribution in [0.1, 0.15) is 33.6 Å². The van der Waals surface area contributed by atoms with Gasteiger partial charge >= 0.3 is 0 Å². The topological polar surface area (TPSA) is 84.0 Å². The fourth-order valence-electron chi connectivity index (χ4n) is 4.36. The standard InChI is InChI=1S/C24H20Br2Cl2N2O5/c1-35-14-5-2-12(3-6-14)21(31)11-29(22(32)15-7-4-13(27)8-20(15)28)30-23(33)16-9-18(25)19(26)10-17(16)24(30)34/h2-8,16-19H,9-11H2,1H3/t16-,17+,18+,19-. The molecule has 0 N–H and O–H groups in total. The minimum Gasteiger partial charge on any atom is -0.497 e. The van der Waals surface area contributed by atoms with Crippen LogP contribution in [0, 0.1) is 11.8 Å². The number of imide groups is 1. The zero-order valence-corrected chi connectivity index (χ0v) is 23.1. The van der Waals surface area contributed by atoms with Gasteiger partial charge in [0.2, 0.25) is 0 Å². The van der Waals surface area contributed by atoms with E-state index in [9.17, 15) is 19.2 Å². The van der Waals surface area contributed by atoms with E-state index in [-0.39, 0.29) is 20.2 Å². The van der Waals surface area contributed by atoms with Crippen LogP contribution in [0.15, 0.2) is 42.5 Å². The van der Waals surface area contributed by atoms with E-state index in [0.717, 1.165) is 10.0 Å². The van der Waals surface area contributed by atoms with Crippen LogP contribution in [-0.4, -0.2) is 56.8 Å². The molecule has 184 valence electrons. The number of hydrogen-bond donors (Lipinski definition) is 0. The first-order chi connectivity index (χ1) is 16.6. The van der Waals surface area contributed by atoms with Crippen molar-refractivity contribution in [3.05, 3.63) is 63.6 Å². The highest BCUT2D eigenvalue weighted by atomic mass is 79.9. The highest BCUT2D eigenvalue weighted by Gasteiger charge is 2.54. The third-order valence-corrected chi connectivity index (χ3v) is 9.51. The van der Waals surface area contributed by atoms with Crippen molar-refractivity contribution in [2.45, 2.75) is 22.5 Å². The van der Waals surface area contributed by atoms with Crippen LogP contribution in [0.2, 0.25) is 10.0 Å². The van der Waals surface area contributed by atoms with E-state index in [4.69, 9.17) is 27.9 Å². The summed E-state index contributed by atoms with van der Waals surface area (Å²) in [5.74, 6) is -2.85. The predicted octanol–water partition coefficient (Wildman–Crippen LogP) is 5.16. The number of amides is 3. The van der Waals surface area contributed by atoms with Crippen LogP contribution in [0.3, 0.4) is 0 Å². The number of halogens is 4. The Labute approximate surface area is 228 Å². The molecule has 3 amide bonds. The summed E-state index contributed by atoms with van der Waals surface area (Å²) in [6, 6.07) is 10.6. The number of hydrazine groups is 1. The number of benzene rings is 2. The molecular weight excluding hydrogens is 627 g/mol. The summed E-state index contributed by atoms with van der Waals surface area (Å²) in [5.41, 5.74) is 0.314. The van der Waals surface area contributed by atoms with Crippen LogP contribution in [0.5, 0.6) is 5.75 Å². The van der Waals surface area contributed by atoms with E-state index in [1.165, 1.54) is 25.3 Å². The smallest absolute Gasteiger partial charge is 0.274 e. The van der Waals surface area contributed by atoms with Crippen molar-refractivity contribution in [1.29, 1.82) is 0 Å². The largest absolute Gasteiger partial charge is 0.497 e. The summed E-state index contributed by atoms with van der Waals surface area (Å²) in [4.78, 5) is 53.6. The number of alkyl halides is 2. The maximum atomic E-state index is 13.6. The summed E-state index contributed by atoms with van der Waals surface area (Å²) in [7, 11) is 1.51. The van der Waals surface area contributed by atoms with E-state index < -0.39 is 41.9 Å². The molecule has 2 aromatic carbocycles. The molecule has 1 saturated heterocycles. The minimum atomic E-state index is -0.750. The molecule has 1 aliphatic heterocycles. The van der Waals surface area contributed by atoms with Gasteiger partial charge < -0.3 is 4.74 Å². The molecule has 11 heteroatoms. The van der Waals surface area contributed by atoms with Gasteiger partial charge in [-0.2, -0.15) is 5.01 Å². The van der Waals surface area contributed by atoms with Gasteiger partial charge in [0.15, 0.2) is 5.78 Å². The predicted molar refractivity (Wildman–Crippen MR) is 138 cm³/mol. The minimum absolute atomic E-state index is 0.00348. The van der Waals surface area contributed by atoms with E-state index in [0.29, 0.717) is 29.2 Å². The van der Waals surface area contributed by atoms with Crippen molar-refractivity contribution in [3.8, 4) is 5.75 Å². The van der Waals surface area contributed by atoms with Crippen molar-refractivity contribution in [1.82, 2.24) is 10.0 Å². The van der Waals surface area contributed by atoms with E-state index >= 15 is 0 Å². The van der Waals surface area contributed by atoms with Crippen LogP contribution >= 0.6 is 55.1 Å². The third kappa shape index (κ3) is 5.14. The molecule has 7 nitrogen and oxygen atoms in total. The van der Waals surface area contributed by atoms with Crippen LogP contribution in [0.25, 0.3) is 0 Å². The molecule has 0 spiro atoms. The summed E-state index contributed by atoms with van der Waals surface area (Å²) in [6.07, 6.45) is 0.857. The van der Waals surface area contributed by atoms with E-state index in [1.54, 1.807) is 24.3 Å². The van der Waals surface area contributed by atoms with Gasteiger partial charge in [-0.1, -0.05) is 55.1 Å². The van der Waals surface area contributed by atoms with Crippen LogP contribution in [0.4, 0.5) is 0 Å². The molecule has 0 unspecified atom stereocenters. The summed E-state index contributed by atoms with van der Waals surface area (Å²) in [5, 5.41) is 2.09. The number of Topliss-reactive ketones (excluding diaryl/α,β-unsaturated/α-hetero) is 1. The molecule has 0 radical (unpaired) electrons. The zero-order valence-electron chi connectivity index (χ0n) is 18.4. The maximum Gasteiger partial charge on any atom is 0.274 e. The number of ether oxygens (including phenoxy) is 1. The molecular formula is C24H20Br2Cl2N2O5. The second kappa shape index (κ2) is 10.6. The number of hydrogen-bond acceptors (Lipinski definition) is 5. The number of ketones is 1. The monoisotopic (exact) mass is 644 g/mol. The normalized spacial score (nSPS) is 23.7. The lowest BCUT2D eigenvalue weighted by atomic mass is 9.81. The zero-order chi connectivity index (χ0) is 25.4. The average Bonchev–Trinajstić information content (AvgIpc) is 3.06. The van der Waals surface area contributed by atoms with Gasteiger partial charge in [-0.05, 0) is 55.3 Å². The number of carbonyl (C=O) groups excluding carboxylic acids is 4. The van der Waals surface area contributed by atoms with Crippen molar-refractivity contribution in [2.24, 2.45) is 11.8 Å². The van der Waals surface area contributed by atoms with Gasteiger partial charge in [-0.25, -0.2) is 5.01 Å². The summed E-state index contributed by atoms with van der Waals surface area (Å²) in [6.45, 7) is -0.531. The molecule has 4 rings (SSSR count). The maximum absolute atomic E-state index is 13.6. The Balaban J connectivity index is 1.71. The van der Waals surface area contributed by atoms with Crippen molar-refractivity contribution >= 4 is 78.6 Å². The lowest BCUT2D eigenvalue weighted by molar-refractivity contribution is -0.154. The second-order valence-corrected chi connectivity index (χ2v) is 11.5. The lowest BCUT2D eigenvalue weighted by Crippen LogP contribution is -2.52. The molecule has 2 fully saturated rings. The summed E-state index contributed by atoms with van der Waals surface area (Å²) >= 11 is 19.3. The van der Waals surface area contributed by atoms with Gasteiger partial charge in [0.25, 0.3) is 17.7 Å². The molecule has 1 aliphatic carbocycles. The number of methoxy groups -OCH3 is 1. The molecule has 0 bridgehead atoms. The molecule has 35 heavy (non-hydrogen) atoms. The Kier molecular flexibility index (Phi) is 7.90. The first kappa shape index (κ1) is 26.1. The third-order valence-electron chi connectivity index (χ3n) is 6.23. The number of nitrogens with zero attached hydrogens (tertiary/aromatic N) is 2. The molecule has 2 aliphatic rings. The second-order valence-electron chi connectivity index (χ2n) is 8.34. The molecule has 0 aromatic heterocycles. The van der Waals surface area contributed by atoms with Gasteiger partial charge in [0.1, 0.15) is 12.3 Å². The molecule has 2 aromatic rings. The molecule has 1 saturated carbocycles. The summed E-state index contributed by atoms with van der Waals surface area (Å²) < 4.78 is 5.12. The molecule has 1 heterocycles. The average molecular weight is 647 g/mol. The van der Waals surface area contributed by atoms with Gasteiger partial charge in [0, 0.05) is 20.2 Å². The Morgan fingerprint density at radius 1 is 1.00 bits per heavy atom. The van der Waals surface area contributed by atoms with E-state index in [1.807, 2.05) is 0 Å². The Morgan fingerprint density at radius 2 is 1.57 bits per heavy atom. The van der Waals surface area contributed by atoms with Crippen molar-refractivity contribution in [3.63, 3.8) is 0 Å². The first-order valence-electron chi connectivity index (χ1n) is 10.7. The SMILES string of the molecule is COc1ccc(C(=O)CN(C(=O)c2ccc(Cl)cc2Cl)N2C(=O)[C@H]3C[C@@H](Br)[C@@H](Br)C[C@H]3C2=O)cc1. The number of fused-ring (bicyclic) bond motifs is 1. The van der Waals surface area contributed by atoms with Gasteiger partial charge in [-0.3, -0.25) is 19.2 Å². The van der Waals surface area contributed by atoms with Gasteiger partial charge in [0.05, 0.1) is 29.5 Å². The highest BCUT2D eigenvalue weighted by molar-refractivity contribution is 9.12. The fraction of sp³-hybridized carbons (Fsp3) is 0.333. The number of carbonyl (C=O) groups is 4. The van der Waals surface area contributed by atoms with E-state index in [2.05, 4.69) is 31.9 Å². The van der Waals surface area contributed by atoms with Gasteiger partial charge in [-0.15, -0.1) is 0 Å². The lowest BCUT2D eigenvalue weighted by Gasteiger charge is -2.30. The van der Waals surface area contributed by atoms with Crippen LogP contribution < -0.4 is 4.74 Å². The van der Waals surface area contributed by atoms with Crippen molar-refractivity contribution in [2.75, 3.05) is 13.7 Å². The first-order valence-corrected chi connectivity index (χ1v) is 13.3. The Bertz CT molecular complexity index is 1160. The quantitative estimate of drug-likeness (QED) is 0.246. The van der Waals surface area contributed by atoms with Crippen LogP contribution in [-0.2, 0) is 9.59 Å². The molecule has 4 atom stereocenters. The Morgan fingerprint density at radius 3 is 2.09 bits per heavy atom. The highest BCUT2D eigenvalue weighted by Crippen LogP contribution is 2.44. The van der Waals surface area contributed by atoms with Crippen molar-refractivity contribution < 1.29 is 23.9 Å². The fourth-order valence-corrected chi connectivity index (χ4v) is 6.08.